The fourth-order valence-corrected chi connectivity index (χ4v) is 5.24. The molecule has 180 valence electrons. The third-order valence-electron chi connectivity index (χ3n) is 7.19. The number of aromatic nitrogens is 2. The summed E-state index contributed by atoms with van der Waals surface area (Å²) in [4.78, 5) is 22.4. The monoisotopic (exact) mass is 463 g/mol. The Morgan fingerprint density at radius 2 is 1.74 bits per heavy atom. The Hall–Kier alpha value is -2.93. The molecule has 3 aromatic rings. The molecule has 0 saturated carbocycles. The van der Waals surface area contributed by atoms with Crippen molar-refractivity contribution >= 4 is 22.9 Å². The van der Waals surface area contributed by atoms with Gasteiger partial charge in [0.1, 0.15) is 5.82 Å². The van der Waals surface area contributed by atoms with Crippen molar-refractivity contribution in [1.82, 2.24) is 19.8 Å². The average Bonchev–Trinajstić information content (AvgIpc) is 3.51. The van der Waals surface area contributed by atoms with Crippen LogP contribution in [0.5, 0.6) is 0 Å². The fraction of sp³-hybridized carbons (Fsp3) is 0.481. The average molecular weight is 464 g/mol. The molecule has 3 heterocycles. The predicted octanol–water partition coefficient (Wildman–Crippen LogP) is 4.04. The minimum absolute atomic E-state index is 0.0676. The highest BCUT2D eigenvalue weighted by Crippen LogP contribution is 2.28. The molecule has 5 rings (SSSR count). The molecule has 0 unspecified atom stereocenters. The van der Waals surface area contributed by atoms with Crippen LogP contribution in [-0.2, 0) is 11.3 Å². The smallest absolute Gasteiger partial charge is 0.223 e. The first-order valence-electron chi connectivity index (χ1n) is 12.6. The van der Waals surface area contributed by atoms with Gasteiger partial charge in [-0.2, -0.15) is 0 Å². The minimum Gasteiger partial charge on any atom is -0.356 e. The molecule has 1 aromatic heterocycles. The Balaban J connectivity index is 1.20. The van der Waals surface area contributed by atoms with Crippen LogP contribution < -0.4 is 10.2 Å². The molecule has 7 heteroatoms. The molecule has 2 aromatic carbocycles. The fourth-order valence-electron chi connectivity index (χ4n) is 5.24. The highest BCUT2D eigenvalue weighted by molar-refractivity contribution is 5.80. The summed E-state index contributed by atoms with van der Waals surface area (Å²) < 4.78 is 15.6. The molecule has 2 aliphatic heterocycles. The van der Waals surface area contributed by atoms with Gasteiger partial charge in [0.2, 0.25) is 11.9 Å². The van der Waals surface area contributed by atoms with E-state index in [9.17, 15) is 9.18 Å². The van der Waals surface area contributed by atoms with Crippen molar-refractivity contribution in [1.29, 1.82) is 0 Å². The van der Waals surface area contributed by atoms with Crippen LogP contribution >= 0.6 is 0 Å². The second-order valence-corrected chi connectivity index (χ2v) is 9.57. The Kier molecular flexibility index (Phi) is 7.09. The number of nitrogens with one attached hydrogen (secondary N) is 1. The van der Waals surface area contributed by atoms with Crippen LogP contribution in [-0.4, -0.2) is 59.6 Å². The molecule has 0 aliphatic carbocycles. The van der Waals surface area contributed by atoms with Gasteiger partial charge in [0.05, 0.1) is 17.6 Å². The van der Waals surface area contributed by atoms with E-state index in [4.69, 9.17) is 4.98 Å². The summed E-state index contributed by atoms with van der Waals surface area (Å²) in [7, 11) is 0. The van der Waals surface area contributed by atoms with Gasteiger partial charge in [-0.25, -0.2) is 9.37 Å². The van der Waals surface area contributed by atoms with Crippen LogP contribution in [0.1, 0.15) is 37.7 Å². The number of benzene rings is 2. The number of carbonyl (C=O) groups is 1. The molecule has 2 fully saturated rings. The summed E-state index contributed by atoms with van der Waals surface area (Å²) in [6.07, 6.45) is 5.30. The SMILES string of the molecule is O=C(NCCCN1CCCC1)C1CCN(c2nc3ccccc3n2Cc2ccc(F)cc2)CC1. The number of imidazole rings is 1. The molecule has 6 nitrogen and oxygen atoms in total. The summed E-state index contributed by atoms with van der Waals surface area (Å²) in [5.41, 5.74) is 3.06. The zero-order valence-electron chi connectivity index (χ0n) is 19.8. The van der Waals surface area contributed by atoms with Gasteiger partial charge < -0.3 is 19.7 Å². The van der Waals surface area contributed by atoms with E-state index in [1.165, 1.54) is 38.1 Å². The van der Waals surface area contributed by atoms with Gasteiger partial charge in [0.15, 0.2) is 0 Å². The lowest BCUT2D eigenvalue weighted by molar-refractivity contribution is -0.125. The maximum Gasteiger partial charge on any atom is 0.223 e. The van der Waals surface area contributed by atoms with Crippen molar-refractivity contribution in [3.8, 4) is 0 Å². The number of carbonyl (C=O) groups excluding carboxylic acids is 1. The van der Waals surface area contributed by atoms with Crippen molar-refractivity contribution in [3.63, 3.8) is 0 Å². The first kappa shape index (κ1) is 22.8. The lowest BCUT2D eigenvalue weighted by Gasteiger charge is -2.32. The molecule has 34 heavy (non-hydrogen) atoms. The minimum atomic E-state index is -0.226. The van der Waals surface area contributed by atoms with Crippen molar-refractivity contribution < 1.29 is 9.18 Å². The zero-order chi connectivity index (χ0) is 23.3. The summed E-state index contributed by atoms with van der Waals surface area (Å²) in [6.45, 7) is 6.51. The molecule has 2 aliphatic rings. The number of amides is 1. The van der Waals surface area contributed by atoms with E-state index < -0.39 is 0 Å². The van der Waals surface area contributed by atoms with Crippen LogP contribution in [0.15, 0.2) is 48.5 Å². The van der Waals surface area contributed by atoms with Gasteiger partial charge in [-0.1, -0.05) is 24.3 Å². The van der Waals surface area contributed by atoms with Crippen molar-refractivity contribution in [2.75, 3.05) is 44.2 Å². The van der Waals surface area contributed by atoms with Gasteiger partial charge in [0, 0.05) is 25.6 Å². The third-order valence-corrected chi connectivity index (χ3v) is 7.19. The number of rotatable bonds is 8. The third kappa shape index (κ3) is 5.25. The molecule has 0 atom stereocenters. The lowest BCUT2D eigenvalue weighted by atomic mass is 9.96. The zero-order valence-corrected chi connectivity index (χ0v) is 19.8. The van der Waals surface area contributed by atoms with Crippen LogP contribution in [0, 0.1) is 11.7 Å². The van der Waals surface area contributed by atoms with E-state index in [0.29, 0.717) is 6.54 Å². The van der Waals surface area contributed by atoms with Crippen molar-refractivity contribution in [2.45, 2.75) is 38.6 Å². The molecule has 1 amide bonds. The van der Waals surface area contributed by atoms with E-state index in [1.807, 2.05) is 30.3 Å². The Labute approximate surface area is 200 Å². The van der Waals surface area contributed by atoms with E-state index in [2.05, 4.69) is 25.8 Å². The number of nitrogens with zero attached hydrogens (tertiary/aromatic N) is 4. The van der Waals surface area contributed by atoms with Crippen LogP contribution in [0.2, 0.25) is 0 Å². The molecule has 2 saturated heterocycles. The summed E-state index contributed by atoms with van der Waals surface area (Å²) in [5.74, 6) is 0.963. The number of likely N-dealkylation sites (tertiary alicyclic amines) is 1. The van der Waals surface area contributed by atoms with Gasteiger partial charge in [0.25, 0.3) is 0 Å². The van der Waals surface area contributed by atoms with Crippen LogP contribution in [0.25, 0.3) is 11.0 Å². The van der Waals surface area contributed by atoms with Crippen LogP contribution in [0.3, 0.4) is 0 Å². The first-order chi connectivity index (χ1) is 16.7. The molecular weight excluding hydrogens is 429 g/mol. The summed E-state index contributed by atoms with van der Waals surface area (Å²) >= 11 is 0. The quantitative estimate of drug-likeness (QED) is 0.513. The van der Waals surface area contributed by atoms with Crippen molar-refractivity contribution in [3.05, 3.63) is 59.9 Å². The Morgan fingerprint density at radius 3 is 2.50 bits per heavy atom. The molecule has 1 N–H and O–H groups in total. The highest BCUT2D eigenvalue weighted by atomic mass is 19.1. The molecular formula is C27H34FN5O. The number of fused-ring (bicyclic) bond motifs is 1. The van der Waals surface area contributed by atoms with Crippen molar-refractivity contribution in [2.24, 2.45) is 5.92 Å². The summed E-state index contributed by atoms with van der Waals surface area (Å²) in [5, 5.41) is 3.17. The number of para-hydroxylation sites is 2. The van der Waals surface area contributed by atoms with E-state index in [0.717, 1.165) is 68.0 Å². The maximum absolute atomic E-state index is 13.4. The molecule has 0 radical (unpaired) electrons. The molecule has 0 spiro atoms. The first-order valence-corrected chi connectivity index (χ1v) is 12.6. The normalized spacial score (nSPS) is 17.5. The van der Waals surface area contributed by atoms with Gasteiger partial charge >= 0.3 is 0 Å². The van der Waals surface area contributed by atoms with E-state index in [-0.39, 0.29) is 17.6 Å². The lowest BCUT2D eigenvalue weighted by Crippen LogP contribution is -2.42. The summed E-state index contributed by atoms with van der Waals surface area (Å²) in [6, 6.07) is 14.8. The maximum atomic E-state index is 13.4. The number of halogens is 1. The molecule has 0 bridgehead atoms. The highest BCUT2D eigenvalue weighted by Gasteiger charge is 2.27. The van der Waals surface area contributed by atoms with E-state index in [1.54, 1.807) is 0 Å². The topological polar surface area (TPSA) is 53.4 Å². The number of hydrogen-bond acceptors (Lipinski definition) is 4. The van der Waals surface area contributed by atoms with Gasteiger partial charge in [-0.15, -0.1) is 0 Å². The van der Waals surface area contributed by atoms with Gasteiger partial charge in [-0.05, 0) is 81.6 Å². The number of anilines is 1. The second-order valence-electron chi connectivity index (χ2n) is 9.57. The number of piperidine rings is 1. The second kappa shape index (κ2) is 10.6. The van der Waals surface area contributed by atoms with E-state index >= 15 is 0 Å². The standard InChI is InChI=1S/C27H34FN5O/c28-23-10-8-21(9-11-23)20-33-25-7-2-1-6-24(25)30-27(33)32-18-12-22(13-19-32)26(34)29-14-5-17-31-15-3-4-16-31/h1-2,6-11,22H,3-5,12-20H2,(H,29,34). The Bertz CT molecular complexity index is 1100. The van der Waals surface area contributed by atoms with Crippen LogP contribution in [0.4, 0.5) is 10.3 Å². The number of hydrogen-bond donors (Lipinski definition) is 1. The largest absolute Gasteiger partial charge is 0.356 e. The Morgan fingerprint density at radius 1 is 1.00 bits per heavy atom. The van der Waals surface area contributed by atoms with Gasteiger partial charge in [-0.3, -0.25) is 4.79 Å². The predicted molar refractivity (Wildman–Crippen MR) is 133 cm³/mol.